The molecule has 0 spiro atoms. The third kappa shape index (κ3) is 14.0. The largest absolute Gasteiger partial charge is 0.455 e. The van der Waals surface area contributed by atoms with Crippen molar-refractivity contribution >= 4 is 84.8 Å². The number of sulfonamides is 1. The summed E-state index contributed by atoms with van der Waals surface area (Å²) in [6.45, 7) is 12.0. The maximum atomic E-state index is 14.1. The number of allylic oxidation sites excluding steroid dienone is 1. The molecule has 4 aliphatic heterocycles. The Kier molecular flexibility index (Phi) is 17.9. The highest BCUT2D eigenvalue weighted by molar-refractivity contribution is 7.90. The van der Waals surface area contributed by atoms with Crippen LogP contribution in [0.2, 0.25) is 5.02 Å². The van der Waals surface area contributed by atoms with E-state index >= 15 is 0 Å². The zero-order valence-corrected chi connectivity index (χ0v) is 49.9. The molecule has 0 bridgehead atoms. The van der Waals surface area contributed by atoms with Crippen LogP contribution in [0, 0.1) is 33.3 Å². The molecule has 5 aliphatic rings. The lowest BCUT2D eigenvalue weighted by molar-refractivity contribution is -0.384. The van der Waals surface area contributed by atoms with Gasteiger partial charge in [-0.2, -0.15) is 0 Å². The molecule has 21 nitrogen and oxygen atoms in total. The minimum absolute atomic E-state index is 0.0390. The average Bonchev–Trinajstić information content (AvgIpc) is 2.97. The number of hydrogen-bond donors (Lipinski definition) is 4. The number of halogens is 1. The lowest BCUT2D eigenvalue weighted by Gasteiger charge is -2.39. The minimum atomic E-state index is -4.64. The summed E-state index contributed by atoms with van der Waals surface area (Å²) in [5.74, 6) is 3.41. The molecule has 4 aromatic carbocycles. The number of nitrogens with zero attached hydrogens (tertiary/aromatic N) is 6. The number of likely N-dealkylation sites (tertiary alicyclic amines) is 1. The number of aromatic nitrogens is 2. The average molecular weight is 1220 g/mol. The molecule has 6 heterocycles. The van der Waals surface area contributed by atoms with Crippen molar-refractivity contribution in [1.29, 1.82) is 0 Å². The molecule has 0 radical (unpaired) electrons. The first kappa shape index (κ1) is 60.2. The van der Waals surface area contributed by atoms with Crippen molar-refractivity contribution in [2.24, 2.45) is 11.3 Å². The van der Waals surface area contributed by atoms with Crippen LogP contribution < -0.4 is 25.0 Å². The number of benzene rings is 4. The number of piperazine rings is 1. The van der Waals surface area contributed by atoms with E-state index in [4.69, 9.17) is 21.1 Å². The van der Waals surface area contributed by atoms with Crippen molar-refractivity contribution in [3.05, 3.63) is 152 Å². The number of pyridine rings is 1. The molecule has 11 rings (SSSR count). The molecule has 3 saturated heterocycles. The smallest absolute Gasteiger partial charge is 0.293 e. The third-order valence-corrected chi connectivity index (χ3v) is 18.5. The number of anilines is 2. The van der Waals surface area contributed by atoms with Gasteiger partial charge < -0.3 is 29.6 Å². The van der Waals surface area contributed by atoms with E-state index in [0.717, 1.165) is 86.9 Å². The Bertz CT molecular complexity index is 3900. The van der Waals surface area contributed by atoms with Crippen molar-refractivity contribution in [3.63, 3.8) is 0 Å². The first-order valence-corrected chi connectivity index (χ1v) is 31.1. The zero-order valence-electron chi connectivity index (χ0n) is 48.4. The maximum absolute atomic E-state index is 14.1. The van der Waals surface area contributed by atoms with Gasteiger partial charge in [0.05, 0.1) is 45.9 Å². The van der Waals surface area contributed by atoms with Gasteiger partial charge in [-0.15, -0.1) is 0 Å². The number of amides is 5. The molecular formula is C64H67ClN10O11S. The summed E-state index contributed by atoms with van der Waals surface area (Å²) >= 11 is 6.27. The van der Waals surface area contributed by atoms with E-state index in [9.17, 15) is 42.5 Å². The summed E-state index contributed by atoms with van der Waals surface area (Å²) < 4.78 is 42.3. The highest BCUT2D eigenvalue weighted by atomic mass is 35.5. The molecule has 4 N–H and O–H groups in total. The molecule has 6 aromatic rings. The van der Waals surface area contributed by atoms with Gasteiger partial charge in [0.25, 0.3) is 33.4 Å². The fourth-order valence-electron chi connectivity index (χ4n) is 12.0. The van der Waals surface area contributed by atoms with Gasteiger partial charge in [0.15, 0.2) is 0 Å². The number of ether oxygens (including phenoxy) is 2. The number of nitrogens with one attached hydrogen (secondary N) is 4. The number of carbonyl (C=O) groups excluding carboxylic acids is 5. The van der Waals surface area contributed by atoms with Gasteiger partial charge in [-0.25, -0.2) is 18.1 Å². The predicted octanol–water partition coefficient (Wildman–Crippen LogP) is 8.80. The molecule has 3 fully saturated rings. The Hall–Kier alpha value is -8.46. The van der Waals surface area contributed by atoms with Gasteiger partial charge in [0, 0.05) is 98.6 Å². The molecule has 0 saturated carbocycles. The van der Waals surface area contributed by atoms with Gasteiger partial charge in [-0.1, -0.05) is 55.0 Å². The highest BCUT2D eigenvalue weighted by Gasteiger charge is 2.45. The third-order valence-electron chi connectivity index (χ3n) is 16.9. The molecule has 87 heavy (non-hydrogen) atoms. The lowest BCUT2D eigenvalue weighted by Crippen LogP contribution is -2.54. The summed E-state index contributed by atoms with van der Waals surface area (Å²) in [6, 6.07) is 24.0. The second kappa shape index (κ2) is 25.9. The number of carbonyl (C=O) groups is 5. The molecule has 1 unspecified atom stereocenters. The van der Waals surface area contributed by atoms with Crippen LogP contribution in [-0.4, -0.2) is 146 Å². The second-order valence-corrected chi connectivity index (χ2v) is 25.6. The first-order chi connectivity index (χ1) is 41.8. The summed E-state index contributed by atoms with van der Waals surface area (Å²) in [6.07, 6.45) is 8.57. The van der Waals surface area contributed by atoms with Crippen molar-refractivity contribution < 1.29 is 46.8 Å². The summed E-state index contributed by atoms with van der Waals surface area (Å²) in [7, 11) is -4.64. The number of nitro benzene ring substituents is 1. The number of imide groups is 2. The Morgan fingerprint density at radius 3 is 2.43 bits per heavy atom. The van der Waals surface area contributed by atoms with Crippen LogP contribution >= 0.6 is 11.6 Å². The number of aromatic amines is 1. The zero-order chi connectivity index (χ0) is 61.0. The molecule has 1 aliphatic carbocycles. The fraction of sp³-hybridized carbons (Fsp3) is 0.375. The fourth-order valence-corrected chi connectivity index (χ4v) is 13.1. The number of rotatable bonds is 19. The van der Waals surface area contributed by atoms with Crippen LogP contribution in [0.4, 0.5) is 17.1 Å². The van der Waals surface area contributed by atoms with E-state index in [-0.39, 0.29) is 52.3 Å². The maximum Gasteiger partial charge on any atom is 0.293 e. The van der Waals surface area contributed by atoms with Crippen LogP contribution in [0.3, 0.4) is 0 Å². The Labute approximate surface area is 509 Å². The van der Waals surface area contributed by atoms with E-state index in [1.165, 1.54) is 53.2 Å². The van der Waals surface area contributed by atoms with Crippen LogP contribution in [0.15, 0.2) is 114 Å². The second-order valence-electron chi connectivity index (χ2n) is 23.5. The van der Waals surface area contributed by atoms with E-state index in [0.29, 0.717) is 67.8 Å². The topological polar surface area (TPSA) is 259 Å². The van der Waals surface area contributed by atoms with Crippen molar-refractivity contribution in [2.45, 2.75) is 76.2 Å². The predicted molar refractivity (Wildman–Crippen MR) is 328 cm³/mol. The van der Waals surface area contributed by atoms with Crippen LogP contribution in [0.1, 0.15) is 107 Å². The van der Waals surface area contributed by atoms with Crippen LogP contribution in [0.5, 0.6) is 11.5 Å². The summed E-state index contributed by atoms with van der Waals surface area (Å²) in [5, 5.41) is 19.3. The van der Waals surface area contributed by atoms with Crippen LogP contribution in [-0.2, 0) is 24.3 Å². The molecule has 23 heteroatoms. The van der Waals surface area contributed by atoms with E-state index in [1.807, 2.05) is 18.2 Å². The molecule has 5 amide bonds. The highest BCUT2D eigenvalue weighted by Crippen LogP contribution is 2.44. The van der Waals surface area contributed by atoms with E-state index in [1.54, 1.807) is 30.5 Å². The molecule has 452 valence electrons. The van der Waals surface area contributed by atoms with Crippen molar-refractivity contribution in [3.8, 4) is 23.3 Å². The Balaban J connectivity index is 0.663. The minimum Gasteiger partial charge on any atom is -0.455 e. The van der Waals surface area contributed by atoms with Gasteiger partial charge in [-0.05, 0) is 141 Å². The number of nitro groups is 1. The number of H-pyrrole nitrogens is 1. The van der Waals surface area contributed by atoms with Crippen LogP contribution in [0.25, 0.3) is 16.6 Å². The summed E-state index contributed by atoms with van der Waals surface area (Å²) in [5.41, 5.74) is 6.21. The first-order valence-electron chi connectivity index (χ1n) is 29.3. The van der Waals surface area contributed by atoms with Gasteiger partial charge in [0.1, 0.15) is 28.9 Å². The SMILES string of the molecule is CC1(C)CCC(CN2CCN(c3ccc(C(=O)NS(=O)(=O)c4ccc(NCC5CCN(CCOCCC#Cc6ccc7c(c6)C(=O)N(C6CCC(=O)NC6=O)C7=O)CC5)c([N+](=O)[O-])c4)c(Oc4cnc5[nH]ccc5c4)c3)CC2)=C(c2ccc(Cl)cc2)C1. The Morgan fingerprint density at radius 1 is 0.874 bits per heavy atom. The van der Waals surface area contributed by atoms with E-state index < -0.39 is 61.1 Å². The molecule has 1 atom stereocenters. The van der Waals surface area contributed by atoms with Crippen molar-refractivity contribution in [1.82, 2.24) is 34.7 Å². The monoisotopic (exact) mass is 1220 g/mol. The number of fused-ring (bicyclic) bond motifs is 2. The normalized spacial score (nSPS) is 18.5. The van der Waals surface area contributed by atoms with Crippen molar-refractivity contribution in [2.75, 3.05) is 82.3 Å². The molecular weight excluding hydrogens is 1150 g/mol. The lowest BCUT2D eigenvalue weighted by atomic mass is 9.72. The standard InChI is InChI=1S/C64H67ClN10O11S/c1-64(2)22-18-45(53(37-64)43-7-9-46(65)10-8-43)40-72-26-28-73(29-27-72)47-11-14-51(57(35-47)86-48-34-44-19-23-66-59(44)68-39-48)60(77)70-87(83,84)49-12-15-54(56(36-49)75(81)82)67-38-42-20-24-71(25-21-42)30-32-85-31-4-3-5-41-6-13-50-52(33-41)63(80)74(62(50)79)55-16-17-58(76)69-61(55)78/h6-15,19,23,33-36,39,42,55,67H,4,16-18,20-22,24-32,37-38,40H2,1-2H3,(H,66,68)(H,70,77)(H,69,76,78). The summed E-state index contributed by atoms with van der Waals surface area (Å²) in [4.78, 5) is 91.0. The van der Waals surface area contributed by atoms with Gasteiger partial charge in [-0.3, -0.25) is 49.2 Å². The Morgan fingerprint density at radius 2 is 1.66 bits per heavy atom. The van der Waals surface area contributed by atoms with Gasteiger partial charge in [0.2, 0.25) is 11.8 Å². The number of piperidine rings is 2. The quantitative estimate of drug-likeness (QED) is 0.0194. The van der Waals surface area contributed by atoms with E-state index in [2.05, 4.69) is 77.8 Å². The van der Waals surface area contributed by atoms with Gasteiger partial charge >= 0.3 is 0 Å². The number of hydrogen-bond acceptors (Lipinski definition) is 16. The molecule has 2 aromatic heterocycles.